The molecule has 0 spiro atoms. The zero-order valence-corrected chi connectivity index (χ0v) is 26.2. The van der Waals surface area contributed by atoms with Crippen LogP contribution in [-0.4, -0.2) is 28.2 Å². The monoisotopic (exact) mass is 645 g/mol. The van der Waals surface area contributed by atoms with Crippen LogP contribution < -0.4 is 4.74 Å². The Hall–Kier alpha value is -5.03. The van der Waals surface area contributed by atoms with Crippen molar-refractivity contribution in [1.29, 1.82) is 0 Å². The van der Waals surface area contributed by atoms with Gasteiger partial charge in [0.15, 0.2) is 17.3 Å². The van der Waals surface area contributed by atoms with E-state index in [2.05, 4.69) is 0 Å². The van der Waals surface area contributed by atoms with Crippen LogP contribution in [0.25, 0.3) is 6.08 Å². The number of nitrogens with zero attached hydrogens (tertiary/aromatic N) is 1. The SMILES string of the molecule is CC1=CC(=O)C(C)=C(C(C)(C)CC(=O)Oc2ccc(C(=O)C(=Cc3ccc(F)c([N+](=O)[O-])c3)SCc3ccc(F)cc3)cc2)C1=O. The number of esters is 1. The van der Waals surface area contributed by atoms with Crippen LogP contribution in [0, 0.1) is 27.2 Å². The second-order valence-electron chi connectivity index (χ2n) is 11.3. The highest BCUT2D eigenvalue weighted by Gasteiger charge is 2.37. The molecule has 0 N–H and O–H groups in total. The summed E-state index contributed by atoms with van der Waals surface area (Å²) in [4.78, 5) is 62.2. The standard InChI is InChI=1S/C35H29F2NO7S/c1-20-15-29(39)21(2)32(33(20)41)35(3,4)18-31(40)45-26-12-8-24(9-13-26)34(42)30(46-19-22-5-10-25(36)11-6-22)17-23-7-14-27(37)28(16-23)38(43)44/h5-17H,18-19H2,1-4H3. The number of hydrogen-bond acceptors (Lipinski definition) is 8. The van der Waals surface area contributed by atoms with Crippen LogP contribution >= 0.6 is 11.8 Å². The van der Waals surface area contributed by atoms with E-state index in [1.807, 2.05) is 0 Å². The van der Waals surface area contributed by atoms with Gasteiger partial charge in [-0.25, -0.2) is 4.39 Å². The van der Waals surface area contributed by atoms with Crippen molar-refractivity contribution >= 4 is 46.8 Å². The summed E-state index contributed by atoms with van der Waals surface area (Å²) in [7, 11) is 0. The van der Waals surface area contributed by atoms with Crippen LogP contribution in [0.1, 0.15) is 55.6 Å². The predicted molar refractivity (Wildman–Crippen MR) is 170 cm³/mol. The Bertz CT molecular complexity index is 1840. The topological polar surface area (TPSA) is 121 Å². The van der Waals surface area contributed by atoms with E-state index in [9.17, 15) is 38.1 Å². The molecule has 0 fully saturated rings. The molecule has 0 saturated carbocycles. The van der Waals surface area contributed by atoms with Gasteiger partial charge >= 0.3 is 11.7 Å². The summed E-state index contributed by atoms with van der Waals surface area (Å²) < 4.78 is 32.8. The lowest BCUT2D eigenvalue weighted by molar-refractivity contribution is -0.387. The highest BCUT2D eigenvalue weighted by Crippen LogP contribution is 2.38. The van der Waals surface area contributed by atoms with Gasteiger partial charge in [0.2, 0.25) is 5.82 Å². The number of ether oxygens (including phenoxy) is 1. The van der Waals surface area contributed by atoms with Crippen LogP contribution in [0.15, 0.2) is 94.4 Å². The molecule has 0 radical (unpaired) electrons. The van der Waals surface area contributed by atoms with Crippen molar-refractivity contribution in [3.05, 3.63) is 133 Å². The molecule has 0 saturated heterocycles. The van der Waals surface area contributed by atoms with Crippen LogP contribution in [0.2, 0.25) is 0 Å². The predicted octanol–water partition coefficient (Wildman–Crippen LogP) is 7.77. The van der Waals surface area contributed by atoms with Crippen LogP contribution in [0.3, 0.4) is 0 Å². The number of rotatable bonds is 11. The van der Waals surface area contributed by atoms with Crippen molar-refractivity contribution in [3.63, 3.8) is 0 Å². The number of thioether (sulfide) groups is 1. The molecule has 1 aliphatic carbocycles. The molecule has 3 aromatic rings. The summed E-state index contributed by atoms with van der Waals surface area (Å²) in [6, 6.07) is 14.7. The molecule has 11 heteroatoms. The fourth-order valence-corrected chi connectivity index (χ4v) is 5.92. The van der Waals surface area contributed by atoms with E-state index in [1.165, 1.54) is 54.6 Å². The maximum Gasteiger partial charge on any atom is 0.312 e. The molecule has 3 aromatic carbocycles. The number of nitro benzene ring substituents is 1. The summed E-state index contributed by atoms with van der Waals surface area (Å²) in [5.74, 6) is -2.70. The van der Waals surface area contributed by atoms with E-state index in [4.69, 9.17) is 4.74 Å². The van der Waals surface area contributed by atoms with Gasteiger partial charge in [-0.15, -0.1) is 11.8 Å². The number of ketones is 3. The smallest absolute Gasteiger partial charge is 0.312 e. The van der Waals surface area contributed by atoms with Gasteiger partial charge in [0.25, 0.3) is 0 Å². The van der Waals surface area contributed by atoms with E-state index in [-0.39, 0.29) is 56.7 Å². The molecule has 1 aliphatic rings. The summed E-state index contributed by atoms with van der Waals surface area (Å²) in [5.41, 5.74) is 0.277. The van der Waals surface area contributed by atoms with Gasteiger partial charge in [-0.05, 0) is 79.6 Å². The number of allylic oxidation sites excluding steroid dienone is 5. The molecule has 0 unspecified atom stereocenters. The molecule has 0 atom stereocenters. The molecule has 4 rings (SSSR count). The van der Waals surface area contributed by atoms with E-state index < -0.39 is 39.4 Å². The highest BCUT2D eigenvalue weighted by molar-refractivity contribution is 8.03. The number of nitro groups is 1. The Morgan fingerprint density at radius 1 is 0.978 bits per heavy atom. The summed E-state index contributed by atoms with van der Waals surface area (Å²) >= 11 is 1.11. The van der Waals surface area contributed by atoms with E-state index >= 15 is 0 Å². The average molecular weight is 646 g/mol. The number of hydrogen-bond donors (Lipinski definition) is 0. The first-order valence-corrected chi connectivity index (χ1v) is 15.0. The first-order valence-electron chi connectivity index (χ1n) is 14.0. The Labute approximate surface area is 268 Å². The Morgan fingerprint density at radius 2 is 1.63 bits per heavy atom. The van der Waals surface area contributed by atoms with Gasteiger partial charge in [-0.2, -0.15) is 4.39 Å². The fraction of sp³-hybridized carbons (Fsp3) is 0.200. The minimum absolute atomic E-state index is 0.142. The lowest BCUT2D eigenvalue weighted by atomic mass is 9.73. The fourth-order valence-electron chi connectivity index (χ4n) is 4.93. The van der Waals surface area contributed by atoms with Gasteiger partial charge in [-0.3, -0.25) is 29.3 Å². The maximum absolute atomic E-state index is 13.9. The van der Waals surface area contributed by atoms with Crippen LogP contribution in [0.4, 0.5) is 14.5 Å². The summed E-state index contributed by atoms with van der Waals surface area (Å²) in [6.45, 7) is 6.48. The first kappa shape index (κ1) is 33.9. The minimum atomic E-state index is -1.01. The van der Waals surface area contributed by atoms with Crippen LogP contribution in [-0.2, 0) is 20.1 Å². The normalized spacial score (nSPS) is 13.9. The molecular weight excluding hydrogens is 616 g/mol. The second-order valence-corrected chi connectivity index (χ2v) is 12.3. The Balaban J connectivity index is 1.53. The zero-order valence-electron chi connectivity index (χ0n) is 25.4. The van der Waals surface area contributed by atoms with Gasteiger partial charge in [-0.1, -0.05) is 32.0 Å². The number of halogens is 2. The molecule has 0 aromatic heterocycles. The lowest BCUT2D eigenvalue weighted by Gasteiger charge is -2.29. The number of carbonyl (C=O) groups excluding carboxylic acids is 4. The van der Waals surface area contributed by atoms with Crippen molar-refractivity contribution in [3.8, 4) is 5.75 Å². The van der Waals surface area contributed by atoms with Gasteiger partial charge in [0.05, 0.1) is 16.2 Å². The van der Waals surface area contributed by atoms with E-state index in [1.54, 1.807) is 39.8 Å². The molecule has 8 nitrogen and oxygen atoms in total. The molecule has 46 heavy (non-hydrogen) atoms. The van der Waals surface area contributed by atoms with Crippen molar-refractivity contribution in [1.82, 2.24) is 0 Å². The summed E-state index contributed by atoms with van der Waals surface area (Å²) in [6.07, 6.45) is 2.50. The molecule has 236 valence electrons. The molecule has 0 aliphatic heterocycles. The van der Waals surface area contributed by atoms with Crippen molar-refractivity contribution in [2.24, 2.45) is 5.41 Å². The Morgan fingerprint density at radius 3 is 2.26 bits per heavy atom. The second kappa shape index (κ2) is 13.9. The third kappa shape index (κ3) is 7.97. The molecule has 0 heterocycles. The summed E-state index contributed by atoms with van der Waals surface area (Å²) in [5, 5.41) is 11.2. The molecular formula is C35H29F2NO7S. The van der Waals surface area contributed by atoms with Gasteiger partial charge < -0.3 is 4.74 Å². The van der Waals surface area contributed by atoms with Crippen molar-refractivity contribution in [2.75, 3.05) is 0 Å². The lowest BCUT2D eigenvalue weighted by Crippen LogP contribution is -2.31. The third-order valence-electron chi connectivity index (χ3n) is 7.28. The van der Waals surface area contributed by atoms with E-state index in [0.717, 1.165) is 29.5 Å². The number of benzene rings is 3. The van der Waals surface area contributed by atoms with Gasteiger partial charge in [0, 0.05) is 39.5 Å². The zero-order chi connectivity index (χ0) is 33.8. The quantitative estimate of drug-likeness (QED) is 0.0395. The Kier molecular flexibility index (Phi) is 10.3. The van der Waals surface area contributed by atoms with Crippen molar-refractivity contribution in [2.45, 2.75) is 39.9 Å². The average Bonchev–Trinajstić information content (AvgIpc) is 2.99. The largest absolute Gasteiger partial charge is 0.427 e. The van der Waals surface area contributed by atoms with Crippen LogP contribution in [0.5, 0.6) is 5.75 Å². The number of Topliss-reactive ketones (excluding diaryl/α,β-unsaturated/α-hetero) is 2. The first-order chi connectivity index (χ1) is 21.7. The third-order valence-corrected chi connectivity index (χ3v) is 8.38. The minimum Gasteiger partial charge on any atom is -0.427 e. The maximum atomic E-state index is 13.9. The van der Waals surface area contributed by atoms with Gasteiger partial charge in [0.1, 0.15) is 11.6 Å². The molecule has 0 bridgehead atoms. The highest BCUT2D eigenvalue weighted by atomic mass is 32.2. The number of carbonyl (C=O) groups is 4. The molecule has 0 amide bonds. The van der Waals surface area contributed by atoms with Crippen molar-refractivity contribution < 1.29 is 37.6 Å². The van der Waals surface area contributed by atoms with E-state index in [0.29, 0.717) is 5.57 Å².